The summed E-state index contributed by atoms with van der Waals surface area (Å²) in [5, 5.41) is 16.8. The van der Waals surface area contributed by atoms with Crippen LogP contribution >= 0.6 is 0 Å². The number of carbonyl (C=O) groups excluding carboxylic acids is 1. The van der Waals surface area contributed by atoms with Crippen molar-refractivity contribution in [3.63, 3.8) is 0 Å². The van der Waals surface area contributed by atoms with E-state index < -0.39 is 28.4 Å². The van der Waals surface area contributed by atoms with Crippen LogP contribution < -0.4 is 10.1 Å². The molecule has 0 aliphatic carbocycles. The van der Waals surface area contributed by atoms with Crippen molar-refractivity contribution in [1.82, 2.24) is 15.1 Å². The Kier molecular flexibility index (Phi) is 4.44. The van der Waals surface area contributed by atoms with E-state index >= 15 is 0 Å². The zero-order chi connectivity index (χ0) is 18.1. The van der Waals surface area contributed by atoms with Gasteiger partial charge in [-0.15, -0.1) is 5.10 Å². The van der Waals surface area contributed by atoms with Crippen LogP contribution in [0.25, 0.3) is 0 Å². The summed E-state index contributed by atoms with van der Waals surface area (Å²) >= 11 is 0. The summed E-state index contributed by atoms with van der Waals surface area (Å²) in [6, 6.07) is 3.00. The van der Waals surface area contributed by atoms with E-state index in [0.29, 0.717) is 17.8 Å². The zero-order valence-electron chi connectivity index (χ0n) is 12.4. The second kappa shape index (κ2) is 6.18. The van der Waals surface area contributed by atoms with E-state index in [-0.39, 0.29) is 11.6 Å². The number of hydrogen-bond donors (Lipinski definition) is 1. The molecule has 1 aromatic carbocycles. The van der Waals surface area contributed by atoms with Gasteiger partial charge in [-0.3, -0.25) is 10.1 Å². The van der Waals surface area contributed by atoms with E-state index in [0.717, 1.165) is 10.7 Å². The van der Waals surface area contributed by atoms with Crippen LogP contribution in [-0.4, -0.2) is 27.8 Å². The van der Waals surface area contributed by atoms with E-state index in [4.69, 9.17) is 4.74 Å². The molecule has 0 atom stereocenters. The van der Waals surface area contributed by atoms with Gasteiger partial charge in [0.05, 0.1) is 10.6 Å². The van der Waals surface area contributed by atoms with Gasteiger partial charge in [0.1, 0.15) is 11.3 Å². The number of alkyl halides is 3. The van der Waals surface area contributed by atoms with Crippen molar-refractivity contribution in [2.75, 3.05) is 7.05 Å². The molecule has 2 rings (SSSR count). The molecule has 8 nitrogen and oxygen atoms in total. The third kappa shape index (κ3) is 3.45. The largest absolute Gasteiger partial charge is 0.437 e. The number of nitro benzene ring substituents is 1. The highest BCUT2D eigenvalue weighted by Crippen LogP contribution is 2.38. The van der Waals surface area contributed by atoms with Gasteiger partial charge in [0.2, 0.25) is 5.88 Å². The Labute approximate surface area is 133 Å². The minimum absolute atomic E-state index is 0.127. The number of nitrogens with one attached hydrogen (secondary N) is 1. The number of ether oxygens (including phenoxy) is 1. The molecular formula is C13H11F3N4O4. The summed E-state index contributed by atoms with van der Waals surface area (Å²) in [4.78, 5) is 21.1. The van der Waals surface area contributed by atoms with Crippen molar-refractivity contribution in [3.05, 3.63) is 45.6 Å². The predicted molar refractivity (Wildman–Crippen MR) is 75.0 cm³/mol. The van der Waals surface area contributed by atoms with Crippen molar-refractivity contribution >= 4 is 11.7 Å². The summed E-state index contributed by atoms with van der Waals surface area (Å²) in [6.07, 6.45) is -4.92. The Bertz CT molecular complexity index is 801. The Morgan fingerprint density at radius 1 is 1.38 bits per heavy atom. The monoisotopic (exact) mass is 344 g/mol. The standard InChI is InChI=1S/C13H11F3N4O4/c1-7-5-11(18-19(7)12(21)17-2)24-8-3-4-10(20(22)23)9(6-8)13(14,15)16/h3-6H,1-2H3,(H,17,21). The topological polar surface area (TPSA) is 99.3 Å². The zero-order valence-corrected chi connectivity index (χ0v) is 12.4. The Morgan fingerprint density at radius 2 is 2.04 bits per heavy atom. The van der Waals surface area contributed by atoms with E-state index in [1.807, 2.05) is 0 Å². The number of aromatic nitrogens is 2. The van der Waals surface area contributed by atoms with Gasteiger partial charge in [-0.1, -0.05) is 0 Å². The third-order valence-electron chi connectivity index (χ3n) is 2.96. The first-order valence-corrected chi connectivity index (χ1v) is 6.45. The molecule has 11 heteroatoms. The van der Waals surface area contributed by atoms with Crippen LogP contribution in [0.1, 0.15) is 11.3 Å². The number of carbonyl (C=O) groups is 1. The Balaban J connectivity index is 2.37. The predicted octanol–water partition coefficient (Wildman–Crippen LogP) is 3.10. The maximum atomic E-state index is 12.9. The van der Waals surface area contributed by atoms with Crippen LogP contribution in [0.4, 0.5) is 23.7 Å². The van der Waals surface area contributed by atoms with E-state index in [2.05, 4.69) is 10.4 Å². The Morgan fingerprint density at radius 3 is 2.58 bits per heavy atom. The third-order valence-corrected chi connectivity index (χ3v) is 2.96. The summed E-state index contributed by atoms with van der Waals surface area (Å²) in [5.74, 6) is -0.424. The van der Waals surface area contributed by atoms with E-state index in [1.54, 1.807) is 6.92 Å². The molecule has 1 heterocycles. The molecule has 0 bridgehead atoms. The number of halogens is 3. The molecule has 128 valence electrons. The van der Waals surface area contributed by atoms with Gasteiger partial charge in [0.25, 0.3) is 5.69 Å². The maximum absolute atomic E-state index is 12.9. The minimum Gasteiger partial charge on any atom is -0.437 e. The molecular weight excluding hydrogens is 333 g/mol. The first kappa shape index (κ1) is 17.2. The van der Waals surface area contributed by atoms with Crippen molar-refractivity contribution in [2.24, 2.45) is 0 Å². The summed E-state index contributed by atoms with van der Waals surface area (Å²) in [7, 11) is 1.38. The SMILES string of the molecule is CNC(=O)n1nc(Oc2ccc([N+](=O)[O-])c(C(F)(F)F)c2)cc1C. The fraction of sp³-hybridized carbons (Fsp3) is 0.231. The first-order valence-electron chi connectivity index (χ1n) is 6.45. The fourth-order valence-electron chi connectivity index (χ4n) is 1.89. The number of benzene rings is 1. The number of nitro groups is 1. The average Bonchev–Trinajstić information content (AvgIpc) is 2.85. The lowest BCUT2D eigenvalue weighted by atomic mass is 10.1. The molecule has 0 aliphatic heterocycles. The molecule has 1 N–H and O–H groups in total. The molecule has 24 heavy (non-hydrogen) atoms. The molecule has 0 aliphatic rings. The summed E-state index contributed by atoms with van der Waals surface area (Å²) in [5.41, 5.74) is -2.13. The van der Waals surface area contributed by atoms with E-state index in [1.165, 1.54) is 13.1 Å². The van der Waals surface area contributed by atoms with Crippen LogP contribution in [0, 0.1) is 17.0 Å². The number of amides is 1. The van der Waals surface area contributed by atoms with E-state index in [9.17, 15) is 28.1 Å². The highest BCUT2D eigenvalue weighted by Gasteiger charge is 2.38. The smallest absolute Gasteiger partial charge is 0.423 e. The highest BCUT2D eigenvalue weighted by molar-refractivity contribution is 5.76. The molecule has 2 aromatic rings. The normalized spacial score (nSPS) is 11.2. The quantitative estimate of drug-likeness (QED) is 0.681. The number of rotatable bonds is 3. The van der Waals surface area contributed by atoms with Gasteiger partial charge >= 0.3 is 12.2 Å². The molecule has 1 amide bonds. The molecule has 0 radical (unpaired) electrons. The average molecular weight is 344 g/mol. The lowest BCUT2D eigenvalue weighted by molar-refractivity contribution is -0.388. The molecule has 0 saturated carbocycles. The number of nitrogens with zero attached hydrogens (tertiary/aromatic N) is 3. The molecule has 0 spiro atoms. The second-order valence-corrected chi connectivity index (χ2v) is 4.63. The van der Waals surface area contributed by atoms with Crippen LogP contribution in [0.2, 0.25) is 0 Å². The first-order chi connectivity index (χ1) is 11.1. The molecule has 0 fully saturated rings. The van der Waals surface area contributed by atoms with Crippen LogP contribution in [-0.2, 0) is 6.18 Å². The van der Waals surface area contributed by atoms with Gasteiger partial charge in [0.15, 0.2) is 0 Å². The van der Waals surface area contributed by atoms with Crippen molar-refractivity contribution < 1.29 is 27.6 Å². The summed E-state index contributed by atoms with van der Waals surface area (Å²) < 4.78 is 44.9. The Hall–Kier alpha value is -3.11. The lowest BCUT2D eigenvalue weighted by Gasteiger charge is -2.09. The van der Waals surface area contributed by atoms with Gasteiger partial charge in [0, 0.05) is 25.2 Å². The second-order valence-electron chi connectivity index (χ2n) is 4.63. The molecule has 0 unspecified atom stereocenters. The highest BCUT2D eigenvalue weighted by atomic mass is 19.4. The molecule has 0 saturated heterocycles. The van der Waals surface area contributed by atoms with Gasteiger partial charge < -0.3 is 10.1 Å². The van der Waals surface area contributed by atoms with Crippen LogP contribution in [0.5, 0.6) is 11.6 Å². The minimum atomic E-state index is -4.92. The number of aryl methyl sites for hydroxylation is 1. The van der Waals surface area contributed by atoms with Crippen LogP contribution in [0.3, 0.4) is 0 Å². The maximum Gasteiger partial charge on any atom is 0.423 e. The van der Waals surface area contributed by atoms with Crippen molar-refractivity contribution in [2.45, 2.75) is 13.1 Å². The fourth-order valence-corrected chi connectivity index (χ4v) is 1.89. The van der Waals surface area contributed by atoms with Crippen molar-refractivity contribution in [3.8, 4) is 11.6 Å². The van der Waals surface area contributed by atoms with Gasteiger partial charge in [-0.05, 0) is 13.0 Å². The lowest BCUT2D eigenvalue weighted by Crippen LogP contribution is -2.26. The van der Waals surface area contributed by atoms with Crippen molar-refractivity contribution in [1.29, 1.82) is 0 Å². The molecule has 1 aromatic heterocycles. The number of hydrogen-bond acceptors (Lipinski definition) is 5. The van der Waals surface area contributed by atoms with Gasteiger partial charge in [-0.2, -0.15) is 17.9 Å². The van der Waals surface area contributed by atoms with Gasteiger partial charge in [-0.25, -0.2) is 4.79 Å². The summed E-state index contributed by atoms with van der Waals surface area (Å²) in [6.45, 7) is 1.55. The van der Waals surface area contributed by atoms with Crippen LogP contribution in [0.15, 0.2) is 24.3 Å².